The van der Waals surface area contributed by atoms with Crippen LogP contribution in [0.4, 0.5) is 0 Å². The zero-order chi connectivity index (χ0) is 10.3. The Morgan fingerprint density at radius 1 is 1.20 bits per heavy atom. The van der Waals surface area contributed by atoms with Crippen molar-refractivity contribution in [3.05, 3.63) is 34.9 Å². The quantitative estimate of drug-likeness (QED) is 0.737. The van der Waals surface area contributed by atoms with Crippen molar-refractivity contribution < 1.29 is 0 Å². The molecule has 1 aliphatic heterocycles. The molecule has 2 fully saturated rings. The van der Waals surface area contributed by atoms with Crippen LogP contribution in [0.3, 0.4) is 0 Å². The van der Waals surface area contributed by atoms with E-state index in [-0.39, 0.29) is 0 Å². The fourth-order valence-corrected chi connectivity index (χ4v) is 2.90. The van der Waals surface area contributed by atoms with E-state index in [0.29, 0.717) is 6.04 Å². The summed E-state index contributed by atoms with van der Waals surface area (Å²) in [4.78, 5) is 2.67. The molecule has 80 valence electrons. The molecule has 0 N–H and O–H groups in total. The van der Waals surface area contributed by atoms with Gasteiger partial charge in [0, 0.05) is 17.1 Å². The van der Waals surface area contributed by atoms with Gasteiger partial charge in [-0.15, -0.1) is 0 Å². The third-order valence-electron chi connectivity index (χ3n) is 3.54. The van der Waals surface area contributed by atoms with Crippen LogP contribution in [0.25, 0.3) is 0 Å². The van der Waals surface area contributed by atoms with E-state index in [1.807, 2.05) is 6.07 Å². The van der Waals surface area contributed by atoms with Crippen molar-refractivity contribution in [2.45, 2.75) is 37.8 Å². The van der Waals surface area contributed by atoms with Crippen molar-refractivity contribution in [1.82, 2.24) is 4.90 Å². The minimum Gasteiger partial charge on any atom is -0.293 e. The first-order valence-corrected chi connectivity index (χ1v) is 6.23. The summed E-state index contributed by atoms with van der Waals surface area (Å²) in [5.41, 5.74) is 1.41. The molecule has 2 aliphatic rings. The molecule has 3 rings (SSSR count). The zero-order valence-corrected chi connectivity index (χ0v) is 9.58. The molecule has 1 nitrogen and oxygen atoms in total. The topological polar surface area (TPSA) is 3.24 Å². The number of benzene rings is 1. The summed E-state index contributed by atoms with van der Waals surface area (Å²) in [6.45, 7) is 1.28. The number of rotatable bonds is 2. The molecule has 1 atom stereocenters. The number of halogens is 1. The Bertz CT molecular complexity index is 359. The lowest BCUT2D eigenvalue weighted by molar-refractivity contribution is 0.246. The minimum absolute atomic E-state index is 0.635. The van der Waals surface area contributed by atoms with Gasteiger partial charge in [-0.1, -0.05) is 23.7 Å². The molecule has 0 spiro atoms. The van der Waals surface area contributed by atoms with Crippen LogP contribution in [0, 0.1) is 0 Å². The molecule has 15 heavy (non-hydrogen) atoms. The van der Waals surface area contributed by atoms with Crippen LogP contribution >= 0.6 is 11.6 Å². The number of hydrogen-bond donors (Lipinski definition) is 0. The number of nitrogens with zero attached hydrogens (tertiary/aromatic N) is 1. The summed E-state index contributed by atoms with van der Waals surface area (Å²) in [5, 5.41) is 0.871. The van der Waals surface area contributed by atoms with E-state index in [0.717, 1.165) is 11.1 Å². The number of hydrogen-bond acceptors (Lipinski definition) is 1. The lowest BCUT2D eigenvalue weighted by Crippen LogP contribution is -2.25. The van der Waals surface area contributed by atoms with Gasteiger partial charge in [0.1, 0.15) is 0 Å². The zero-order valence-electron chi connectivity index (χ0n) is 8.82. The van der Waals surface area contributed by atoms with Crippen molar-refractivity contribution >= 4 is 11.6 Å². The molecule has 1 aliphatic carbocycles. The van der Waals surface area contributed by atoms with Crippen LogP contribution in [0.15, 0.2) is 24.3 Å². The van der Waals surface area contributed by atoms with Crippen molar-refractivity contribution in [3.63, 3.8) is 0 Å². The first-order valence-electron chi connectivity index (χ1n) is 5.86. The molecule has 1 aromatic rings. The standard InChI is InChI=1S/C13H16ClN/c14-11-4-1-3-10(9-11)13-5-2-8-15(13)12-6-7-12/h1,3-4,9,12-13H,2,5-8H2. The summed E-state index contributed by atoms with van der Waals surface area (Å²) in [6, 6.07) is 9.89. The molecule has 1 saturated carbocycles. The predicted octanol–water partition coefficient (Wildman–Crippen LogP) is 3.64. The van der Waals surface area contributed by atoms with Gasteiger partial charge >= 0.3 is 0 Å². The monoisotopic (exact) mass is 221 g/mol. The van der Waals surface area contributed by atoms with Crippen LogP contribution in [0.2, 0.25) is 5.02 Å². The van der Waals surface area contributed by atoms with Gasteiger partial charge < -0.3 is 0 Å². The van der Waals surface area contributed by atoms with E-state index in [1.54, 1.807) is 0 Å². The van der Waals surface area contributed by atoms with Crippen LogP contribution in [-0.2, 0) is 0 Å². The van der Waals surface area contributed by atoms with Crippen molar-refractivity contribution in [1.29, 1.82) is 0 Å². The predicted molar refractivity (Wildman–Crippen MR) is 63.2 cm³/mol. The van der Waals surface area contributed by atoms with E-state index in [2.05, 4.69) is 23.1 Å². The molecule has 1 saturated heterocycles. The summed E-state index contributed by atoms with van der Waals surface area (Å²) >= 11 is 6.05. The summed E-state index contributed by atoms with van der Waals surface area (Å²) in [7, 11) is 0. The highest BCUT2D eigenvalue weighted by Gasteiger charge is 2.37. The molecule has 0 bridgehead atoms. The summed E-state index contributed by atoms with van der Waals surface area (Å²) in [6.07, 6.45) is 5.44. The van der Waals surface area contributed by atoms with Gasteiger partial charge in [0.25, 0.3) is 0 Å². The SMILES string of the molecule is Clc1cccc(C2CCCN2C2CC2)c1. The fourth-order valence-electron chi connectivity index (χ4n) is 2.70. The largest absolute Gasteiger partial charge is 0.293 e. The molecule has 0 amide bonds. The van der Waals surface area contributed by atoms with Gasteiger partial charge in [0.05, 0.1) is 0 Å². The van der Waals surface area contributed by atoms with E-state index in [9.17, 15) is 0 Å². The van der Waals surface area contributed by atoms with Crippen molar-refractivity contribution in [2.24, 2.45) is 0 Å². The second-order valence-electron chi connectivity index (χ2n) is 4.68. The van der Waals surface area contributed by atoms with E-state index >= 15 is 0 Å². The van der Waals surface area contributed by atoms with Gasteiger partial charge in [0.15, 0.2) is 0 Å². The molecular weight excluding hydrogens is 206 g/mol. The van der Waals surface area contributed by atoms with Gasteiger partial charge in [-0.2, -0.15) is 0 Å². The van der Waals surface area contributed by atoms with Gasteiger partial charge in [0.2, 0.25) is 0 Å². The van der Waals surface area contributed by atoms with Gasteiger partial charge in [-0.3, -0.25) is 4.90 Å². The van der Waals surface area contributed by atoms with E-state index in [1.165, 1.54) is 37.8 Å². The first kappa shape index (κ1) is 9.68. The van der Waals surface area contributed by atoms with Crippen LogP contribution in [-0.4, -0.2) is 17.5 Å². The first-order chi connectivity index (χ1) is 7.34. The Labute approximate surface area is 96.0 Å². The summed E-state index contributed by atoms with van der Waals surface area (Å²) < 4.78 is 0. The maximum atomic E-state index is 6.05. The lowest BCUT2D eigenvalue weighted by atomic mass is 10.0. The summed E-state index contributed by atoms with van der Waals surface area (Å²) in [5.74, 6) is 0. The molecule has 1 unspecified atom stereocenters. The fraction of sp³-hybridized carbons (Fsp3) is 0.538. The van der Waals surface area contributed by atoms with Crippen molar-refractivity contribution in [3.8, 4) is 0 Å². The Kier molecular flexibility index (Phi) is 2.45. The lowest BCUT2D eigenvalue weighted by Gasteiger charge is -2.24. The third-order valence-corrected chi connectivity index (χ3v) is 3.78. The smallest absolute Gasteiger partial charge is 0.0409 e. The van der Waals surface area contributed by atoms with Gasteiger partial charge in [-0.05, 0) is 49.9 Å². The molecule has 2 heteroatoms. The Morgan fingerprint density at radius 3 is 2.80 bits per heavy atom. The highest BCUT2D eigenvalue weighted by Crippen LogP contribution is 2.41. The number of likely N-dealkylation sites (tertiary alicyclic amines) is 1. The van der Waals surface area contributed by atoms with Gasteiger partial charge in [-0.25, -0.2) is 0 Å². The maximum Gasteiger partial charge on any atom is 0.0409 e. The molecule has 1 heterocycles. The average Bonchev–Trinajstić information content (AvgIpc) is 2.96. The third kappa shape index (κ3) is 1.91. The molecule has 0 radical (unpaired) electrons. The molecular formula is C13H16ClN. The Balaban J connectivity index is 1.85. The van der Waals surface area contributed by atoms with Crippen LogP contribution in [0.1, 0.15) is 37.3 Å². The Hall–Kier alpha value is -0.530. The van der Waals surface area contributed by atoms with Crippen molar-refractivity contribution in [2.75, 3.05) is 6.54 Å². The maximum absolute atomic E-state index is 6.05. The highest BCUT2D eigenvalue weighted by atomic mass is 35.5. The normalized spacial score (nSPS) is 27.1. The van der Waals surface area contributed by atoms with E-state index in [4.69, 9.17) is 11.6 Å². The highest BCUT2D eigenvalue weighted by molar-refractivity contribution is 6.30. The van der Waals surface area contributed by atoms with E-state index < -0.39 is 0 Å². The van der Waals surface area contributed by atoms with Crippen LogP contribution < -0.4 is 0 Å². The minimum atomic E-state index is 0.635. The molecule has 0 aromatic heterocycles. The second-order valence-corrected chi connectivity index (χ2v) is 5.12. The van der Waals surface area contributed by atoms with Crippen LogP contribution in [0.5, 0.6) is 0 Å². The average molecular weight is 222 g/mol. The molecule has 1 aromatic carbocycles. The Morgan fingerprint density at radius 2 is 2.07 bits per heavy atom. The second kappa shape index (κ2) is 3.80.